The van der Waals surface area contributed by atoms with Gasteiger partial charge in [-0.3, -0.25) is 4.90 Å². The summed E-state index contributed by atoms with van der Waals surface area (Å²) in [5, 5.41) is 11.5. The molecule has 1 aliphatic rings. The summed E-state index contributed by atoms with van der Waals surface area (Å²) in [6.45, 7) is 5.45. The number of hydrogen-bond acceptors (Lipinski definition) is 3. The van der Waals surface area contributed by atoms with Crippen molar-refractivity contribution in [1.29, 1.82) is 0 Å². The normalized spacial score (nSPS) is 22.4. The Labute approximate surface area is 124 Å². The molecule has 1 saturated heterocycles. The predicted octanol–water partition coefficient (Wildman–Crippen LogP) is 3.14. The summed E-state index contributed by atoms with van der Waals surface area (Å²) < 4.78 is 5.67. The van der Waals surface area contributed by atoms with E-state index in [1.54, 1.807) is 18.2 Å². The molecule has 2 rings (SSSR count). The average molecular weight is 304 g/mol. The summed E-state index contributed by atoms with van der Waals surface area (Å²) in [6.07, 6.45) is 0.0999. The summed E-state index contributed by atoms with van der Waals surface area (Å²) in [4.78, 5) is 2.30. The van der Waals surface area contributed by atoms with E-state index >= 15 is 0 Å². The van der Waals surface area contributed by atoms with Gasteiger partial charge in [0.05, 0.1) is 6.61 Å². The van der Waals surface area contributed by atoms with E-state index in [9.17, 15) is 5.11 Å². The fourth-order valence-electron chi connectivity index (χ4n) is 2.38. The van der Waals surface area contributed by atoms with E-state index in [0.717, 1.165) is 26.1 Å². The first-order valence-corrected chi connectivity index (χ1v) is 7.34. The number of aliphatic hydroxyl groups is 1. The lowest BCUT2D eigenvalue weighted by Gasteiger charge is -2.35. The summed E-state index contributed by atoms with van der Waals surface area (Å²) in [7, 11) is 0. The zero-order valence-electron chi connectivity index (χ0n) is 11.0. The Morgan fingerprint density at radius 3 is 3.00 bits per heavy atom. The molecule has 0 bridgehead atoms. The molecule has 1 aromatic carbocycles. The maximum Gasteiger partial charge on any atom is 0.108 e. The lowest BCUT2D eigenvalue weighted by Crippen LogP contribution is -2.45. The van der Waals surface area contributed by atoms with Gasteiger partial charge in [-0.15, -0.1) is 0 Å². The van der Waals surface area contributed by atoms with Crippen molar-refractivity contribution in [1.82, 2.24) is 4.90 Å². The molecule has 0 aliphatic carbocycles. The third-order valence-corrected chi connectivity index (χ3v) is 3.93. The zero-order valence-corrected chi connectivity index (χ0v) is 12.5. The molecular weight excluding hydrogens is 285 g/mol. The van der Waals surface area contributed by atoms with E-state index in [2.05, 4.69) is 11.8 Å². The average Bonchev–Trinajstić information content (AvgIpc) is 2.41. The standard InChI is InChI=1S/C14H19Cl2NO2/c1-2-5-17-6-7-19-13(9-17)14(18)11-8-10(15)3-4-12(11)16/h3-4,8,13-14,18H,2,5-7,9H2,1H3. The van der Waals surface area contributed by atoms with Crippen LogP contribution in [0.1, 0.15) is 25.0 Å². The van der Waals surface area contributed by atoms with Crippen LogP contribution in [-0.4, -0.2) is 42.4 Å². The van der Waals surface area contributed by atoms with Crippen LogP contribution in [0, 0.1) is 0 Å². The van der Waals surface area contributed by atoms with Crippen LogP contribution in [0.25, 0.3) is 0 Å². The topological polar surface area (TPSA) is 32.7 Å². The monoisotopic (exact) mass is 303 g/mol. The fourth-order valence-corrected chi connectivity index (χ4v) is 2.79. The number of morpholine rings is 1. The maximum atomic E-state index is 10.4. The van der Waals surface area contributed by atoms with Crippen molar-refractivity contribution in [3.63, 3.8) is 0 Å². The van der Waals surface area contributed by atoms with Gasteiger partial charge in [0.25, 0.3) is 0 Å². The molecule has 0 spiro atoms. The number of hydrogen-bond donors (Lipinski definition) is 1. The highest BCUT2D eigenvalue weighted by Crippen LogP contribution is 2.30. The van der Waals surface area contributed by atoms with Crippen LogP contribution in [0.15, 0.2) is 18.2 Å². The molecule has 1 aliphatic heterocycles. The summed E-state index contributed by atoms with van der Waals surface area (Å²) in [5.74, 6) is 0. The Morgan fingerprint density at radius 2 is 2.26 bits per heavy atom. The zero-order chi connectivity index (χ0) is 13.8. The van der Waals surface area contributed by atoms with Gasteiger partial charge < -0.3 is 9.84 Å². The van der Waals surface area contributed by atoms with Gasteiger partial charge in [0.2, 0.25) is 0 Å². The smallest absolute Gasteiger partial charge is 0.108 e. The summed E-state index contributed by atoms with van der Waals surface area (Å²) in [5.41, 5.74) is 0.637. The molecule has 1 fully saturated rings. The van der Waals surface area contributed by atoms with Crippen LogP contribution in [0.2, 0.25) is 10.0 Å². The third kappa shape index (κ3) is 3.83. The van der Waals surface area contributed by atoms with E-state index in [4.69, 9.17) is 27.9 Å². The Balaban J connectivity index is 2.10. The summed E-state index contributed by atoms with van der Waals surface area (Å²) >= 11 is 12.1. The van der Waals surface area contributed by atoms with Crippen LogP contribution in [0.5, 0.6) is 0 Å². The molecular formula is C14H19Cl2NO2. The van der Waals surface area contributed by atoms with Crippen molar-refractivity contribution >= 4 is 23.2 Å². The van der Waals surface area contributed by atoms with E-state index in [0.29, 0.717) is 22.2 Å². The van der Waals surface area contributed by atoms with Gasteiger partial charge >= 0.3 is 0 Å². The van der Waals surface area contributed by atoms with Crippen molar-refractivity contribution in [3.05, 3.63) is 33.8 Å². The Kier molecular flexibility index (Phi) is 5.48. The Hall–Kier alpha value is -0.320. The third-order valence-electron chi connectivity index (χ3n) is 3.35. The molecule has 1 heterocycles. The molecule has 0 radical (unpaired) electrons. The first-order chi connectivity index (χ1) is 9.11. The van der Waals surface area contributed by atoms with Crippen molar-refractivity contribution < 1.29 is 9.84 Å². The van der Waals surface area contributed by atoms with Gasteiger partial charge in [0.1, 0.15) is 12.2 Å². The molecule has 2 unspecified atom stereocenters. The largest absolute Gasteiger partial charge is 0.386 e. The molecule has 0 saturated carbocycles. The minimum Gasteiger partial charge on any atom is -0.386 e. The number of nitrogens with zero attached hydrogens (tertiary/aromatic N) is 1. The second-order valence-corrected chi connectivity index (χ2v) is 5.66. The Bertz CT molecular complexity index is 426. The minimum absolute atomic E-state index is 0.253. The maximum absolute atomic E-state index is 10.4. The second-order valence-electron chi connectivity index (χ2n) is 4.82. The number of rotatable bonds is 4. The Morgan fingerprint density at radius 1 is 1.47 bits per heavy atom. The molecule has 1 aromatic rings. The number of aliphatic hydroxyl groups excluding tert-OH is 1. The number of ether oxygens (including phenoxy) is 1. The number of benzene rings is 1. The van der Waals surface area contributed by atoms with Crippen molar-refractivity contribution in [2.24, 2.45) is 0 Å². The highest BCUT2D eigenvalue weighted by Gasteiger charge is 2.28. The fraction of sp³-hybridized carbons (Fsp3) is 0.571. The number of halogens is 2. The quantitative estimate of drug-likeness (QED) is 0.927. The lowest BCUT2D eigenvalue weighted by atomic mass is 10.0. The van der Waals surface area contributed by atoms with Crippen LogP contribution in [-0.2, 0) is 4.74 Å². The molecule has 1 N–H and O–H groups in total. The van der Waals surface area contributed by atoms with Gasteiger partial charge in [0, 0.05) is 28.7 Å². The van der Waals surface area contributed by atoms with Crippen LogP contribution < -0.4 is 0 Å². The first-order valence-electron chi connectivity index (χ1n) is 6.58. The molecule has 106 valence electrons. The van der Waals surface area contributed by atoms with Gasteiger partial charge in [-0.2, -0.15) is 0 Å². The van der Waals surface area contributed by atoms with Crippen molar-refractivity contribution in [2.75, 3.05) is 26.2 Å². The SMILES string of the molecule is CCCN1CCOC(C(O)c2cc(Cl)ccc2Cl)C1. The van der Waals surface area contributed by atoms with Crippen LogP contribution in [0.4, 0.5) is 0 Å². The van der Waals surface area contributed by atoms with Crippen molar-refractivity contribution in [2.45, 2.75) is 25.6 Å². The van der Waals surface area contributed by atoms with E-state index in [1.807, 2.05) is 0 Å². The van der Waals surface area contributed by atoms with Crippen LogP contribution in [0.3, 0.4) is 0 Å². The highest BCUT2D eigenvalue weighted by molar-refractivity contribution is 6.33. The van der Waals surface area contributed by atoms with Crippen LogP contribution >= 0.6 is 23.2 Å². The van der Waals surface area contributed by atoms with Gasteiger partial charge in [-0.25, -0.2) is 0 Å². The summed E-state index contributed by atoms with van der Waals surface area (Å²) in [6, 6.07) is 5.12. The molecule has 0 amide bonds. The lowest BCUT2D eigenvalue weighted by molar-refractivity contribution is -0.0898. The van der Waals surface area contributed by atoms with Crippen molar-refractivity contribution in [3.8, 4) is 0 Å². The predicted molar refractivity (Wildman–Crippen MR) is 77.9 cm³/mol. The van der Waals surface area contributed by atoms with E-state index in [1.165, 1.54) is 0 Å². The van der Waals surface area contributed by atoms with Gasteiger partial charge in [-0.05, 0) is 31.2 Å². The molecule has 0 aromatic heterocycles. The van der Waals surface area contributed by atoms with Gasteiger partial charge in [0.15, 0.2) is 0 Å². The van der Waals surface area contributed by atoms with E-state index < -0.39 is 6.10 Å². The van der Waals surface area contributed by atoms with Gasteiger partial charge in [-0.1, -0.05) is 30.1 Å². The minimum atomic E-state index is -0.745. The molecule has 19 heavy (non-hydrogen) atoms. The van der Waals surface area contributed by atoms with E-state index in [-0.39, 0.29) is 6.10 Å². The molecule has 2 atom stereocenters. The highest BCUT2D eigenvalue weighted by atomic mass is 35.5. The molecule has 3 nitrogen and oxygen atoms in total. The molecule has 5 heteroatoms. The second kappa shape index (κ2) is 6.91. The first kappa shape index (κ1) is 15.1.